The fourth-order valence-electron chi connectivity index (χ4n) is 4.15. The summed E-state index contributed by atoms with van der Waals surface area (Å²) < 4.78 is 21.9. The molecule has 1 saturated carbocycles. The molecule has 0 bridgehead atoms. The molecule has 1 amide bonds. The maximum Gasteiger partial charge on any atom is 0.229 e. The van der Waals surface area contributed by atoms with Gasteiger partial charge in [-0.1, -0.05) is 12.2 Å². The van der Waals surface area contributed by atoms with Crippen molar-refractivity contribution in [3.05, 3.63) is 59.8 Å². The molecule has 31 heavy (non-hydrogen) atoms. The Balaban J connectivity index is 1.50. The Kier molecular flexibility index (Phi) is 5.59. The van der Waals surface area contributed by atoms with E-state index in [9.17, 15) is 9.18 Å². The van der Waals surface area contributed by atoms with Crippen molar-refractivity contribution in [2.45, 2.75) is 33.2 Å². The smallest absolute Gasteiger partial charge is 0.229 e. The van der Waals surface area contributed by atoms with E-state index in [2.05, 4.69) is 15.4 Å². The minimum absolute atomic E-state index is 0.135. The maximum atomic E-state index is 14.0. The third-order valence-corrected chi connectivity index (χ3v) is 6.07. The van der Waals surface area contributed by atoms with E-state index >= 15 is 0 Å². The zero-order chi connectivity index (χ0) is 22.0. The van der Waals surface area contributed by atoms with Crippen LogP contribution >= 0.6 is 0 Å². The summed E-state index contributed by atoms with van der Waals surface area (Å²) in [6.07, 6.45) is 9.24. The third-order valence-electron chi connectivity index (χ3n) is 6.07. The average molecular weight is 421 g/mol. The van der Waals surface area contributed by atoms with Crippen molar-refractivity contribution in [1.82, 2.24) is 14.8 Å². The van der Waals surface area contributed by atoms with Crippen molar-refractivity contribution >= 4 is 11.7 Å². The standard InChI is InChI=1S/C23H24FN5O2/c1-3-29-13-20(15(2)28-29)31-14-23(17-5-4-6-18(24)9-17)10-19(23)22(30)27-21-8-7-16(11-25)12-26-21/h4-8,12-13,17,19H,3,9-10,14H2,1-2H3,(H,26,27,30)/t17?,19-,23+/m0/s1. The van der Waals surface area contributed by atoms with Gasteiger partial charge in [-0.3, -0.25) is 9.48 Å². The summed E-state index contributed by atoms with van der Waals surface area (Å²) in [4.78, 5) is 17.1. The van der Waals surface area contributed by atoms with E-state index in [1.165, 1.54) is 12.3 Å². The summed E-state index contributed by atoms with van der Waals surface area (Å²) in [7, 11) is 0. The number of aromatic nitrogens is 3. The zero-order valence-corrected chi connectivity index (χ0v) is 17.5. The van der Waals surface area contributed by atoms with Gasteiger partial charge in [0, 0.05) is 30.5 Å². The summed E-state index contributed by atoms with van der Waals surface area (Å²) >= 11 is 0. The van der Waals surface area contributed by atoms with Gasteiger partial charge in [-0.2, -0.15) is 10.4 Å². The van der Waals surface area contributed by atoms with Gasteiger partial charge in [0.1, 0.15) is 23.4 Å². The van der Waals surface area contributed by atoms with Crippen LogP contribution < -0.4 is 10.1 Å². The van der Waals surface area contributed by atoms with Crippen LogP contribution in [0.15, 0.2) is 48.6 Å². The highest BCUT2D eigenvalue weighted by Crippen LogP contribution is 2.60. The molecule has 0 aliphatic heterocycles. The quantitative estimate of drug-likeness (QED) is 0.731. The number of carbonyl (C=O) groups is 1. The molecular formula is C23H24FN5O2. The van der Waals surface area contributed by atoms with Gasteiger partial charge in [0.15, 0.2) is 5.75 Å². The monoisotopic (exact) mass is 421 g/mol. The number of ether oxygens (including phenoxy) is 1. The lowest BCUT2D eigenvalue weighted by molar-refractivity contribution is -0.118. The second kappa shape index (κ2) is 8.34. The van der Waals surface area contributed by atoms with Crippen LogP contribution in [0, 0.1) is 35.5 Å². The SMILES string of the molecule is CCn1cc(OC[C@@]2(C3C=CC=C(F)C3)C[C@H]2C(=O)Nc2ccc(C#N)cn2)c(C)n1. The molecular weight excluding hydrogens is 397 g/mol. The number of amides is 1. The molecule has 1 N–H and O–H groups in total. The molecule has 2 aromatic rings. The van der Waals surface area contributed by atoms with Crippen LogP contribution in [-0.4, -0.2) is 27.3 Å². The van der Waals surface area contributed by atoms with Crippen molar-refractivity contribution in [3.8, 4) is 11.8 Å². The van der Waals surface area contributed by atoms with Crippen LogP contribution in [0.2, 0.25) is 0 Å². The molecule has 4 rings (SSSR count). The van der Waals surface area contributed by atoms with Gasteiger partial charge in [-0.25, -0.2) is 9.37 Å². The lowest BCUT2D eigenvalue weighted by Crippen LogP contribution is -2.30. The predicted octanol–water partition coefficient (Wildman–Crippen LogP) is 3.93. The molecule has 0 spiro atoms. The summed E-state index contributed by atoms with van der Waals surface area (Å²) in [5.74, 6) is 0.232. The van der Waals surface area contributed by atoms with E-state index in [4.69, 9.17) is 10.00 Å². The van der Waals surface area contributed by atoms with Gasteiger partial charge in [-0.05, 0) is 44.4 Å². The first-order valence-corrected chi connectivity index (χ1v) is 10.3. The number of nitrogens with one attached hydrogen (secondary N) is 1. The van der Waals surface area contributed by atoms with E-state index in [0.29, 0.717) is 30.2 Å². The molecule has 2 heterocycles. The molecule has 1 unspecified atom stereocenters. The van der Waals surface area contributed by atoms with Crippen molar-refractivity contribution in [3.63, 3.8) is 0 Å². The Morgan fingerprint density at radius 1 is 1.48 bits per heavy atom. The first-order chi connectivity index (χ1) is 14.9. The highest BCUT2D eigenvalue weighted by molar-refractivity contribution is 5.94. The molecule has 2 aliphatic rings. The summed E-state index contributed by atoms with van der Waals surface area (Å²) in [5.41, 5.74) is 0.704. The number of pyridine rings is 1. The second-order valence-electron chi connectivity index (χ2n) is 8.06. The van der Waals surface area contributed by atoms with Gasteiger partial charge in [-0.15, -0.1) is 0 Å². The van der Waals surface area contributed by atoms with E-state index in [1.807, 2.05) is 32.2 Å². The van der Waals surface area contributed by atoms with Gasteiger partial charge >= 0.3 is 0 Å². The van der Waals surface area contributed by atoms with Crippen molar-refractivity contribution in [1.29, 1.82) is 5.26 Å². The number of rotatable bonds is 7. The molecule has 2 aromatic heterocycles. The topological polar surface area (TPSA) is 92.8 Å². The van der Waals surface area contributed by atoms with Crippen LogP contribution in [0.5, 0.6) is 5.75 Å². The molecule has 0 radical (unpaired) electrons. The zero-order valence-electron chi connectivity index (χ0n) is 17.5. The molecule has 7 nitrogen and oxygen atoms in total. The molecule has 3 atom stereocenters. The van der Waals surface area contributed by atoms with Crippen LogP contribution in [0.3, 0.4) is 0 Å². The lowest BCUT2D eigenvalue weighted by atomic mass is 9.82. The lowest BCUT2D eigenvalue weighted by Gasteiger charge is -2.27. The Morgan fingerprint density at radius 2 is 2.32 bits per heavy atom. The Bertz CT molecular complexity index is 1080. The minimum atomic E-state index is -0.500. The number of aryl methyl sites for hydroxylation is 2. The van der Waals surface area contributed by atoms with Gasteiger partial charge < -0.3 is 10.1 Å². The number of nitriles is 1. The van der Waals surface area contributed by atoms with Crippen LogP contribution in [-0.2, 0) is 11.3 Å². The number of halogens is 1. The highest BCUT2D eigenvalue weighted by Gasteiger charge is 2.62. The van der Waals surface area contributed by atoms with E-state index in [0.717, 1.165) is 12.2 Å². The van der Waals surface area contributed by atoms with Crippen LogP contribution in [0.25, 0.3) is 0 Å². The normalized spacial score (nSPS) is 24.3. The Hall–Kier alpha value is -3.47. The van der Waals surface area contributed by atoms with Crippen molar-refractivity contribution in [2.75, 3.05) is 11.9 Å². The first kappa shape index (κ1) is 20.8. The molecule has 0 aromatic carbocycles. The van der Waals surface area contributed by atoms with Crippen LogP contribution in [0.4, 0.5) is 10.2 Å². The number of hydrogen-bond donors (Lipinski definition) is 1. The van der Waals surface area contributed by atoms with Gasteiger partial charge in [0.25, 0.3) is 0 Å². The predicted molar refractivity (Wildman–Crippen MR) is 113 cm³/mol. The fourth-order valence-corrected chi connectivity index (χ4v) is 4.15. The first-order valence-electron chi connectivity index (χ1n) is 10.3. The summed E-state index contributed by atoms with van der Waals surface area (Å²) in [6, 6.07) is 5.20. The van der Waals surface area contributed by atoms with E-state index in [1.54, 1.807) is 22.9 Å². The van der Waals surface area contributed by atoms with E-state index in [-0.39, 0.29) is 30.0 Å². The number of hydrogen-bond acceptors (Lipinski definition) is 5. The third kappa shape index (κ3) is 4.22. The molecule has 1 fully saturated rings. The second-order valence-corrected chi connectivity index (χ2v) is 8.06. The van der Waals surface area contributed by atoms with Crippen molar-refractivity contribution in [2.24, 2.45) is 17.3 Å². The number of anilines is 1. The van der Waals surface area contributed by atoms with Gasteiger partial charge in [0.05, 0.1) is 18.4 Å². The molecule has 2 aliphatic carbocycles. The Labute approximate surface area is 180 Å². The maximum absolute atomic E-state index is 14.0. The minimum Gasteiger partial charge on any atom is -0.489 e. The summed E-state index contributed by atoms with van der Waals surface area (Å²) in [6.45, 7) is 4.91. The fraction of sp³-hybridized carbons (Fsp3) is 0.391. The number of nitrogens with zero attached hydrogens (tertiary/aromatic N) is 4. The largest absolute Gasteiger partial charge is 0.489 e. The summed E-state index contributed by atoms with van der Waals surface area (Å²) in [5, 5.41) is 16.1. The Morgan fingerprint density at radius 3 is 2.97 bits per heavy atom. The van der Waals surface area contributed by atoms with Crippen LogP contribution in [0.1, 0.15) is 31.0 Å². The van der Waals surface area contributed by atoms with Crippen molar-refractivity contribution < 1.29 is 13.9 Å². The number of carbonyl (C=O) groups excluding carboxylic acids is 1. The molecule has 8 heteroatoms. The number of allylic oxidation sites excluding steroid dienone is 4. The average Bonchev–Trinajstić information content (AvgIpc) is 3.41. The van der Waals surface area contributed by atoms with E-state index < -0.39 is 5.41 Å². The molecule has 0 saturated heterocycles. The van der Waals surface area contributed by atoms with Gasteiger partial charge in [0.2, 0.25) is 5.91 Å². The molecule has 160 valence electrons. The highest BCUT2D eigenvalue weighted by atomic mass is 19.1.